The summed E-state index contributed by atoms with van der Waals surface area (Å²) in [6.45, 7) is 1.81. The van der Waals surface area contributed by atoms with E-state index >= 15 is 0 Å². The molecule has 0 aliphatic carbocycles. The van der Waals surface area contributed by atoms with Gasteiger partial charge in [-0.25, -0.2) is 4.68 Å². The SMILES string of the molecule is Cc1ccn(/C(N)=C(\C=N)C=O)n1. The molecule has 0 aromatic carbocycles. The van der Waals surface area contributed by atoms with E-state index in [1.807, 2.05) is 6.92 Å². The van der Waals surface area contributed by atoms with Gasteiger partial charge < -0.3 is 11.1 Å². The van der Waals surface area contributed by atoms with Crippen LogP contribution in [0.25, 0.3) is 5.82 Å². The summed E-state index contributed by atoms with van der Waals surface area (Å²) in [5.41, 5.74) is 6.49. The first-order chi connectivity index (χ1) is 6.19. The fourth-order valence-corrected chi connectivity index (χ4v) is 0.850. The minimum Gasteiger partial charge on any atom is -0.383 e. The third kappa shape index (κ3) is 1.81. The molecule has 0 amide bonds. The molecule has 68 valence electrons. The number of aldehydes is 1. The van der Waals surface area contributed by atoms with E-state index in [4.69, 9.17) is 11.1 Å². The summed E-state index contributed by atoms with van der Waals surface area (Å²) in [6.07, 6.45) is 3.07. The molecule has 1 aromatic rings. The van der Waals surface area contributed by atoms with Gasteiger partial charge in [0.05, 0.1) is 11.3 Å². The summed E-state index contributed by atoms with van der Waals surface area (Å²) in [4.78, 5) is 10.4. The number of aromatic nitrogens is 2. The number of carbonyl (C=O) groups excluding carboxylic acids is 1. The quantitative estimate of drug-likeness (QED) is 0.393. The molecule has 0 saturated carbocycles. The van der Waals surface area contributed by atoms with Crippen LogP contribution in [0.4, 0.5) is 0 Å². The van der Waals surface area contributed by atoms with E-state index in [9.17, 15) is 4.79 Å². The Hall–Kier alpha value is -1.91. The number of nitrogens with zero attached hydrogens (tertiary/aromatic N) is 2. The van der Waals surface area contributed by atoms with E-state index in [-0.39, 0.29) is 11.4 Å². The summed E-state index contributed by atoms with van der Waals surface area (Å²) in [7, 11) is 0. The lowest BCUT2D eigenvalue weighted by atomic mass is 10.3. The van der Waals surface area contributed by atoms with Crippen LogP contribution in [-0.4, -0.2) is 22.3 Å². The van der Waals surface area contributed by atoms with Gasteiger partial charge in [0.25, 0.3) is 0 Å². The molecule has 0 spiro atoms. The first-order valence-corrected chi connectivity index (χ1v) is 3.67. The van der Waals surface area contributed by atoms with Crippen LogP contribution in [0.2, 0.25) is 0 Å². The maximum absolute atomic E-state index is 10.4. The summed E-state index contributed by atoms with van der Waals surface area (Å²) in [5, 5.41) is 10.9. The fourth-order valence-electron chi connectivity index (χ4n) is 0.850. The Morgan fingerprint density at radius 1 is 1.77 bits per heavy atom. The van der Waals surface area contributed by atoms with Crippen LogP contribution in [0.5, 0.6) is 0 Å². The van der Waals surface area contributed by atoms with Gasteiger partial charge in [-0.2, -0.15) is 5.10 Å². The molecule has 1 rings (SSSR count). The predicted molar refractivity (Wildman–Crippen MR) is 49.2 cm³/mol. The Kier molecular flexibility index (Phi) is 2.59. The molecular weight excluding hydrogens is 168 g/mol. The van der Waals surface area contributed by atoms with Crippen LogP contribution in [0, 0.1) is 12.3 Å². The number of hydrogen-bond acceptors (Lipinski definition) is 4. The van der Waals surface area contributed by atoms with E-state index in [1.165, 1.54) is 4.68 Å². The number of carbonyl (C=O) groups is 1. The van der Waals surface area contributed by atoms with E-state index in [0.29, 0.717) is 6.29 Å². The van der Waals surface area contributed by atoms with Crippen molar-refractivity contribution < 1.29 is 4.79 Å². The maximum atomic E-state index is 10.4. The molecular formula is C8H10N4O. The van der Waals surface area contributed by atoms with Crippen molar-refractivity contribution in [2.75, 3.05) is 0 Å². The second-order valence-corrected chi connectivity index (χ2v) is 2.50. The van der Waals surface area contributed by atoms with Crippen LogP contribution >= 0.6 is 0 Å². The van der Waals surface area contributed by atoms with Gasteiger partial charge in [-0.3, -0.25) is 4.79 Å². The fraction of sp³-hybridized carbons (Fsp3) is 0.125. The highest BCUT2D eigenvalue weighted by Crippen LogP contribution is 2.01. The zero-order valence-electron chi connectivity index (χ0n) is 7.19. The van der Waals surface area contributed by atoms with Crippen molar-refractivity contribution in [3.63, 3.8) is 0 Å². The first kappa shape index (κ1) is 9.18. The van der Waals surface area contributed by atoms with Crippen LogP contribution < -0.4 is 5.73 Å². The molecule has 0 saturated heterocycles. The molecule has 3 N–H and O–H groups in total. The van der Waals surface area contributed by atoms with Crippen LogP contribution in [0.15, 0.2) is 17.8 Å². The van der Waals surface area contributed by atoms with Crippen molar-refractivity contribution in [2.45, 2.75) is 6.92 Å². The molecule has 1 aromatic heterocycles. The van der Waals surface area contributed by atoms with Gasteiger partial charge in [-0.05, 0) is 13.0 Å². The number of nitrogens with two attached hydrogens (primary N) is 1. The molecule has 0 atom stereocenters. The number of hydrogen-bond donors (Lipinski definition) is 2. The standard InChI is InChI=1S/C8H10N4O/c1-6-2-3-12(11-6)8(10)7(4-9)5-13/h2-5,9H,10H2,1H3/b8-7+,9-4?. The van der Waals surface area contributed by atoms with Gasteiger partial charge >= 0.3 is 0 Å². The van der Waals surface area contributed by atoms with Gasteiger partial charge in [-0.1, -0.05) is 0 Å². The van der Waals surface area contributed by atoms with Gasteiger partial charge in [0, 0.05) is 12.4 Å². The van der Waals surface area contributed by atoms with E-state index in [0.717, 1.165) is 11.9 Å². The Morgan fingerprint density at radius 3 is 2.85 bits per heavy atom. The minimum atomic E-state index is 0.114. The van der Waals surface area contributed by atoms with Crippen molar-refractivity contribution in [3.8, 4) is 0 Å². The highest BCUT2D eigenvalue weighted by atomic mass is 16.1. The smallest absolute Gasteiger partial charge is 0.155 e. The number of aryl methyl sites for hydroxylation is 1. The van der Waals surface area contributed by atoms with Gasteiger partial charge in [0.1, 0.15) is 5.82 Å². The second kappa shape index (κ2) is 3.66. The highest BCUT2D eigenvalue weighted by Gasteiger charge is 2.02. The van der Waals surface area contributed by atoms with Crippen LogP contribution in [0.3, 0.4) is 0 Å². The summed E-state index contributed by atoms with van der Waals surface area (Å²) in [6, 6.07) is 1.76. The maximum Gasteiger partial charge on any atom is 0.155 e. The van der Waals surface area contributed by atoms with Gasteiger partial charge in [0.2, 0.25) is 0 Å². The molecule has 0 radical (unpaired) electrons. The Morgan fingerprint density at radius 2 is 2.46 bits per heavy atom. The van der Waals surface area contributed by atoms with Crippen molar-refractivity contribution in [1.82, 2.24) is 9.78 Å². The zero-order chi connectivity index (χ0) is 9.84. The third-order valence-corrected chi connectivity index (χ3v) is 1.55. The molecule has 0 fully saturated rings. The average Bonchev–Trinajstić information content (AvgIpc) is 2.54. The van der Waals surface area contributed by atoms with E-state index in [1.54, 1.807) is 12.3 Å². The summed E-state index contributed by atoms with van der Waals surface area (Å²) >= 11 is 0. The molecule has 5 heteroatoms. The zero-order valence-corrected chi connectivity index (χ0v) is 7.19. The molecule has 13 heavy (non-hydrogen) atoms. The lowest BCUT2D eigenvalue weighted by molar-refractivity contribution is -0.104. The van der Waals surface area contributed by atoms with Crippen LogP contribution in [-0.2, 0) is 4.79 Å². The largest absolute Gasteiger partial charge is 0.383 e. The second-order valence-electron chi connectivity index (χ2n) is 2.50. The van der Waals surface area contributed by atoms with E-state index in [2.05, 4.69) is 5.10 Å². The number of allylic oxidation sites excluding steroid dienone is 1. The molecule has 1 heterocycles. The van der Waals surface area contributed by atoms with Crippen molar-refractivity contribution >= 4 is 18.3 Å². The molecule has 0 aliphatic rings. The predicted octanol–water partition coefficient (Wildman–Crippen LogP) is 0.167. The van der Waals surface area contributed by atoms with Crippen molar-refractivity contribution in [3.05, 3.63) is 23.5 Å². The topological polar surface area (TPSA) is 84.8 Å². The van der Waals surface area contributed by atoms with Crippen molar-refractivity contribution in [1.29, 1.82) is 5.41 Å². The third-order valence-electron chi connectivity index (χ3n) is 1.55. The van der Waals surface area contributed by atoms with Crippen LogP contribution in [0.1, 0.15) is 5.69 Å². The first-order valence-electron chi connectivity index (χ1n) is 3.67. The van der Waals surface area contributed by atoms with Crippen molar-refractivity contribution in [2.24, 2.45) is 5.73 Å². The average molecular weight is 178 g/mol. The molecule has 0 unspecified atom stereocenters. The van der Waals surface area contributed by atoms with Gasteiger partial charge in [0.15, 0.2) is 6.29 Å². The number of nitrogens with one attached hydrogen (secondary N) is 1. The lowest BCUT2D eigenvalue weighted by Crippen LogP contribution is -2.11. The Balaban J connectivity index is 3.14. The number of rotatable bonds is 3. The summed E-state index contributed by atoms with van der Waals surface area (Å²) < 4.78 is 1.37. The minimum absolute atomic E-state index is 0.114. The lowest BCUT2D eigenvalue weighted by Gasteiger charge is -2.01. The normalized spacial score (nSPS) is 12.1. The van der Waals surface area contributed by atoms with E-state index < -0.39 is 0 Å². The van der Waals surface area contributed by atoms with Gasteiger partial charge in [-0.15, -0.1) is 0 Å². The monoisotopic (exact) mass is 178 g/mol. The Labute approximate surface area is 75.4 Å². The summed E-state index contributed by atoms with van der Waals surface area (Å²) in [5.74, 6) is 0.165. The molecule has 0 bridgehead atoms. The molecule has 5 nitrogen and oxygen atoms in total. The Bertz CT molecular complexity index is 354. The molecule has 0 aliphatic heterocycles. The highest BCUT2D eigenvalue weighted by molar-refractivity contribution is 6.05.